The Hall–Kier alpha value is -6.81. The first-order chi connectivity index (χ1) is 39.5. The number of hydrogen-bond acceptors (Lipinski definition) is 11. The first-order valence-electron chi connectivity index (χ1n) is 29.0. The number of nitrogens with zero attached hydrogens (tertiary/aromatic N) is 7. The molecule has 0 spiro atoms. The molecular formula is C61H93Cl2N11O11. The number of halogens is 2. The number of nitrogens with one attached hydrogen (secondary N) is 4. The molecule has 1 aliphatic heterocycles. The van der Waals surface area contributed by atoms with Crippen LogP contribution in [0.4, 0.5) is 0 Å². The number of likely N-dealkylation sites (N-methyl/N-ethyl adjacent to an activating group) is 7. The van der Waals surface area contributed by atoms with Crippen LogP contribution in [0.25, 0.3) is 0 Å². The molecule has 4 N–H and O–H groups in total. The highest BCUT2D eigenvalue weighted by Crippen LogP contribution is 2.22. The molecule has 11 amide bonds. The van der Waals surface area contributed by atoms with Crippen LogP contribution in [0.15, 0.2) is 48.5 Å². The molecule has 1 saturated heterocycles. The smallest absolute Gasteiger partial charge is 0.248 e. The number of carbonyl (C=O) groups is 11. The summed E-state index contributed by atoms with van der Waals surface area (Å²) in [6.45, 7) is 15.5. The average molecular weight is 1230 g/mol. The van der Waals surface area contributed by atoms with E-state index in [0.717, 1.165) is 20.3 Å². The molecule has 85 heavy (non-hydrogen) atoms. The van der Waals surface area contributed by atoms with Crippen LogP contribution in [0.2, 0.25) is 10.0 Å². The lowest BCUT2D eigenvalue weighted by atomic mass is 9.95. The van der Waals surface area contributed by atoms with Gasteiger partial charge in [0.1, 0.15) is 41.8 Å². The lowest BCUT2D eigenvalue weighted by molar-refractivity contribution is -0.149. The maximum Gasteiger partial charge on any atom is 0.248 e. The van der Waals surface area contributed by atoms with Gasteiger partial charge in [-0.1, -0.05) is 95.4 Å². The first-order valence-corrected chi connectivity index (χ1v) is 29.8. The van der Waals surface area contributed by atoms with Crippen molar-refractivity contribution in [2.45, 2.75) is 162 Å². The lowest BCUT2D eigenvalue weighted by Crippen LogP contribution is -2.63. The number of aryl methyl sites for hydroxylation is 1. The second kappa shape index (κ2) is 32.6. The van der Waals surface area contributed by atoms with Gasteiger partial charge in [0.25, 0.3) is 0 Å². The number of amides is 11. The summed E-state index contributed by atoms with van der Waals surface area (Å²) >= 11 is 12.4. The fourth-order valence-corrected chi connectivity index (χ4v) is 10.1. The van der Waals surface area contributed by atoms with E-state index in [0.29, 0.717) is 22.0 Å². The van der Waals surface area contributed by atoms with E-state index in [9.17, 15) is 52.7 Å². The lowest BCUT2D eigenvalue weighted by Gasteiger charge is -2.38. The Morgan fingerprint density at radius 2 is 1.05 bits per heavy atom. The maximum atomic E-state index is 14.9. The summed E-state index contributed by atoms with van der Waals surface area (Å²) in [7, 11) is 9.83. The van der Waals surface area contributed by atoms with Crippen LogP contribution in [-0.4, -0.2) is 216 Å². The Labute approximate surface area is 512 Å². The van der Waals surface area contributed by atoms with E-state index in [-0.39, 0.29) is 50.4 Å². The summed E-state index contributed by atoms with van der Waals surface area (Å²) in [6, 6.07) is 5.82. The van der Waals surface area contributed by atoms with E-state index in [1.165, 1.54) is 89.7 Å². The van der Waals surface area contributed by atoms with E-state index in [1.807, 2.05) is 34.6 Å². The van der Waals surface area contributed by atoms with Crippen LogP contribution in [0.5, 0.6) is 0 Å². The summed E-state index contributed by atoms with van der Waals surface area (Å²) in [4.78, 5) is 165. The monoisotopic (exact) mass is 1230 g/mol. The van der Waals surface area contributed by atoms with Crippen molar-refractivity contribution in [1.82, 2.24) is 55.6 Å². The molecule has 0 bridgehead atoms. The summed E-state index contributed by atoms with van der Waals surface area (Å²) in [6.07, 6.45) is 0.818. The van der Waals surface area contributed by atoms with Gasteiger partial charge in [0, 0.05) is 78.3 Å². The number of carbonyl (C=O) groups excluding carboxylic acids is 11. The SMILES string of the molecule is CC[C@H](C)[C@@H]1NC(=O)[C@H](C)N(C)C(=O)C[C@@H](C)NC(=O)[C@H](CC(C)C)N(C)C(=O)C(C)(C)NC(=O)[C@H](CC(C)C)N(C)C(=O)[C@H](CCc2ccc(Cl)cc2)NC(=O)CN(C)C(=O)[C@H](Cc2ccc(Cl)cc2)N(C)C(=O)CN(C)C(=O)CN(C)C1=O. The quantitative estimate of drug-likeness (QED) is 0.252. The van der Waals surface area contributed by atoms with Crippen LogP contribution in [-0.2, 0) is 65.6 Å². The van der Waals surface area contributed by atoms with Gasteiger partial charge in [-0.15, -0.1) is 0 Å². The Bertz CT molecular complexity index is 2690. The molecule has 0 aromatic heterocycles. The number of hydrogen-bond donors (Lipinski definition) is 4. The zero-order chi connectivity index (χ0) is 64.5. The molecule has 472 valence electrons. The molecule has 1 heterocycles. The van der Waals surface area contributed by atoms with E-state index in [1.54, 1.807) is 62.4 Å². The highest BCUT2D eigenvalue weighted by Gasteiger charge is 2.42. The van der Waals surface area contributed by atoms with Crippen molar-refractivity contribution < 1.29 is 52.7 Å². The Kier molecular flexibility index (Phi) is 27.8. The highest BCUT2D eigenvalue weighted by molar-refractivity contribution is 6.30. The average Bonchev–Trinajstić information content (AvgIpc) is 3.63. The number of rotatable bonds is 11. The van der Waals surface area contributed by atoms with Gasteiger partial charge in [0.15, 0.2) is 0 Å². The predicted octanol–water partition coefficient (Wildman–Crippen LogP) is 3.78. The van der Waals surface area contributed by atoms with Gasteiger partial charge >= 0.3 is 0 Å². The zero-order valence-corrected chi connectivity index (χ0v) is 54.4. The first kappa shape index (κ1) is 72.4. The van der Waals surface area contributed by atoms with E-state index in [2.05, 4.69) is 21.3 Å². The van der Waals surface area contributed by atoms with Gasteiger partial charge < -0.3 is 55.6 Å². The van der Waals surface area contributed by atoms with E-state index in [4.69, 9.17) is 23.2 Å². The minimum absolute atomic E-state index is 0.0393. The second-order valence-electron chi connectivity index (χ2n) is 24.2. The van der Waals surface area contributed by atoms with Crippen LogP contribution < -0.4 is 21.3 Å². The molecule has 1 aliphatic rings. The maximum absolute atomic E-state index is 14.9. The van der Waals surface area contributed by atoms with Gasteiger partial charge in [0.05, 0.1) is 19.6 Å². The topological polar surface area (TPSA) is 259 Å². The molecule has 24 heteroatoms. The largest absolute Gasteiger partial charge is 0.351 e. The van der Waals surface area contributed by atoms with Crippen molar-refractivity contribution in [1.29, 1.82) is 0 Å². The molecule has 1 fully saturated rings. The molecule has 22 nitrogen and oxygen atoms in total. The molecule has 3 rings (SSSR count). The van der Waals surface area contributed by atoms with Crippen molar-refractivity contribution >= 4 is 88.2 Å². The summed E-state index contributed by atoms with van der Waals surface area (Å²) in [5, 5.41) is 12.2. The zero-order valence-electron chi connectivity index (χ0n) is 52.8. The third kappa shape index (κ3) is 21.3. The van der Waals surface area contributed by atoms with E-state index < -0.39 is 138 Å². The fraction of sp³-hybridized carbons (Fsp3) is 0.623. The minimum atomic E-state index is -1.65. The third-order valence-electron chi connectivity index (χ3n) is 15.6. The van der Waals surface area contributed by atoms with Crippen LogP contribution >= 0.6 is 23.2 Å². The Balaban J connectivity index is 2.17. The van der Waals surface area contributed by atoms with Crippen molar-refractivity contribution in [3.8, 4) is 0 Å². The summed E-state index contributed by atoms with van der Waals surface area (Å²) in [5.74, 6) is -7.68. The number of benzene rings is 2. The van der Waals surface area contributed by atoms with Gasteiger partial charge in [-0.3, -0.25) is 52.7 Å². The fourth-order valence-electron chi connectivity index (χ4n) is 9.80. The molecule has 0 saturated carbocycles. The molecular weight excluding hydrogens is 1130 g/mol. The van der Waals surface area contributed by atoms with E-state index >= 15 is 0 Å². The Morgan fingerprint density at radius 1 is 0.541 bits per heavy atom. The molecule has 0 radical (unpaired) electrons. The second-order valence-corrected chi connectivity index (χ2v) is 25.1. The van der Waals surface area contributed by atoms with Crippen LogP contribution in [0, 0.1) is 17.8 Å². The minimum Gasteiger partial charge on any atom is -0.351 e. The van der Waals surface area contributed by atoms with Crippen LogP contribution in [0.1, 0.15) is 112 Å². The molecule has 8 atom stereocenters. The summed E-state index contributed by atoms with van der Waals surface area (Å²) in [5.41, 5.74) is -0.247. The highest BCUT2D eigenvalue weighted by atomic mass is 35.5. The van der Waals surface area contributed by atoms with Gasteiger partial charge in [-0.05, 0) is 107 Å². The van der Waals surface area contributed by atoms with Crippen LogP contribution in [0.3, 0.4) is 0 Å². The molecule has 2 aromatic carbocycles. The third-order valence-corrected chi connectivity index (χ3v) is 16.1. The molecule has 0 aliphatic carbocycles. The predicted molar refractivity (Wildman–Crippen MR) is 326 cm³/mol. The van der Waals surface area contributed by atoms with Crippen molar-refractivity contribution in [2.75, 3.05) is 69.0 Å². The van der Waals surface area contributed by atoms with Crippen molar-refractivity contribution in [3.63, 3.8) is 0 Å². The van der Waals surface area contributed by atoms with Gasteiger partial charge in [-0.2, -0.15) is 0 Å². The van der Waals surface area contributed by atoms with Crippen molar-refractivity contribution in [2.24, 2.45) is 17.8 Å². The standard InChI is InChI=1S/C61H93Cl2N11O11/c1-18-38(6)53-59(84)70(13)34-51(77)68(11)35-52(78)72(15)48(32-42-21-26-44(63)27-22-42)58(83)69(12)33-49(75)65-45(28-23-41-19-24-43(62)25-20-41)57(82)73(16)47(30-37(4)5)56(81)67-61(9,10)60(85)74(17)46(29-36(2)3)55(80)64-39(7)31-50(76)71(14)40(8)54(79)66-53/h19-22,24-27,36-40,45-48,53H,18,23,28-35H2,1-17H3,(H,64,80)(H,65,75)(H,66,79)(H,67,81)/t38-,39+,40-,45-,46-,47-,48-,53-/m0/s1. The van der Waals surface area contributed by atoms with Crippen molar-refractivity contribution in [3.05, 3.63) is 69.7 Å². The van der Waals surface area contributed by atoms with Gasteiger partial charge in [0.2, 0.25) is 65.0 Å². The normalized spacial score (nSPS) is 24.2. The molecule has 2 aromatic rings. The Morgan fingerprint density at radius 3 is 1.58 bits per heavy atom. The summed E-state index contributed by atoms with van der Waals surface area (Å²) < 4.78 is 0. The van der Waals surface area contributed by atoms with Gasteiger partial charge in [-0.25, -0.2) is 0 Å². The molecule has 0 unspecified atom stereocenters.